The Kier molecular flexibility index (Phi) is 8.88. The molecule has 72 heavy (non-hydrogen) atoms. The zero-order valence-corrected chi connectivity index (χ0v) is 40.1. The molecule has 0 amide bonds. The lowest BCUT2D eigenvalue weighted by atomic mass is 9.89. The highest BCUT2D eigenvalue weighted by atomic mass is 15.2. The summed E-state index contributed by atoms with van der Waals surface area (Å²) in [4.78, 5) is 4.96. The SMILES string of the molecule is Cc1ccc(N(C2=CC=CCC2)c2cccc3c2c2cccc4c5c(-c6ccccc6)c6c(c(-c7ccccc7)c5n3c24)c2cccc3c4c(N(c5ccccc5)c5ccc(C)cc5)cccc4n6c32)cc1. The monoisotopic (exact) mass is 920 g/mol. The predicted octanol–water partition coefficient (Wildman–Crippen LogP) is 18.8. The van der Waals surface area contributed by atoms with Crippen LogP contribution in [0.4, 0.5) is 28.4 Å². The average molecular weight is 921 g/mol. The van der Waals surface area contributed by atoms with Crippen LogP contribution in [-0.4, -0.2) is 8.80 Å². The number of rotatable bonds is 8. The Balaban J connectivity index is 1.14. The smallest absolute Gasteiger partial charge is 0.0634 e. The standard InChI is InChI=1S/C68H48N4/c1-43-35-39-49(40-36-43)69(47-23-11-5-12-24-47)55-31-17-33-57-61(55)51-27-15-29-53-63-60(46-21-9-4-10-22-46)68-64(59(45-19-7-3-8-20-45)67(63)71(57)65(51)53)54-30-16-28-52-62-56(32-18-34-58(62)72(68)66(52)54)70(48-25-13-6-14-26-48)50-41-37-44(2)38-42-50/h3-13,15-25,27-42H,14,26H2,1-2H3. The van der Waals surface area contributed by atoms with E-state index in [9.17, 15) is 0 Å². The first kappa shape index (κ1) is 40.7. The van der Waals surface area contributed by atoms with Crippen LogP contribution in [0.3, 0.4) is 0 Å². The molecule has 4 nitrogen and oxygen atoms in total. The lowest BCUT2D eigenvalue weighted by Gasteiger charge is -2.29. The summed E-state index contributed by atoms with van der Waals surface area (Å²) in [5, 5.41) is 10.0. The van der Waals surface area contributed by atoms with Crippen LogP contribution in [0, 0.1) is 13.8 Å². The molecular formula is C68H48N4. The van der Waals surface area contributed by atoms with Crippen molar-refractivity contribution >= 4 is 105 Å². The molecule has 0 aliphatic heterocycles. The molecule has 0 saturated carbocycles. The van der Waals surface area contributed by atoms with Gasteiger partial charge in [-0.2, -0.15) is 0 Å². The average Bonchev–Trinajstić information content (AvgIpc) is 4.19. The fourth-order valence-corrected chi connectivity index (χ4v) is 12.5. The highest BCUT2D eigenvalue weighted by Gasteiger charge is 2.32. The quantitative estimate of drug-likeness (QED) is 0.151. The third-order valence-corrected chi connectivity index (χ3v) is 15.5. The topological polar surface area (TPSA) is 15.3 Å². The van der Waals surface area contributed by atoms with Crippen molar-refractivity contribution in [1.82, 2.24) is 8.80 Å². The van der Waals surface area contributed by atoms with E-state index in [4.69, 9.17) is 0 Å². The maximum Gasteiger partial charge on any atom is 0.0634 e. The predicted molar refractivity (Wildman–Crippen MR) is 306 cm³/mol. The minimum Gasteiger partial charge on any atom is -0.314 e. The third-order valence-electron chi connectivity index (χ3n) is 15.5. The van der Waals surface area contributed by atoms with Crippen molar-refractivity contribution in [2.24, 2.45) is 0 Å². The van der Waals surface area contributed by atoms with Gasteiger partial charge in [0.15, 0.2) is 0 Å². The first-order valence-electron chi connectivity index (χ1n) is 25.3. The van der Waals surface area contributed by atoms with Gasteiger partial charge in [0, 0.05) is 77.0 Å². The molecule has 0 unspecified atom stereocenters. The van der Waals surface area contributed by atoms with E-state index in [1.807, 2.05) is 0 Å². The molecule has 0 atom stereocenters. The lowest BCUT2D eigenvalue weighted by molar-refractivity contribution is 0.919. The van der Waals surface area contributed by atoms with Crippen molar-refractivity contribution < 1.29 is 0 Å². The van der Waals surface area contributed by atoms with Gasteiger partial charge in [0.1, 0.15) is 0 Å². The van der Waals surface area contributed by atoms with Gasteiger partial charge in [-0.05, 0) is 105 Å². The van der Waals surface area contributed by atoms with E-state index in [0.717, 1.165) is 29.9 Å². The first-order valence-corrected chi connectivity index (χ1v) is 25.3. The van der Waals surface area contributed by atoms with Gasteiger partial charge in [-0.25, -0.2) is 0 Å². The van der Waals surface area contributed by atoms with Crippen molar-refractivity contribution in [2.75, 3.05) is 9.80 Å². The summed E-state index contributed by atoms with van der Waals surface area (Å²) in [5.41, 5.74) is 21.8. The van der Waals surface area contributed by atoms with E-state index < -0.39 is 0 Å². The Hall–Kier alpha value is -9.12. The second-order valence-electron chi connectivity index (χ2n) is 19.6. The summed E-state index contributed by atoms with van der Waals surface area (Å²) >= 11 is 0. The van der Waals surface area contributed by atoms with Crippen LogP contribution in [0.1, 0.15) is 24.0 Å². The Bertz CT molecular complexity index is 4480. The maximum atomic E-state index is 2.64. The van der Waals surface area contributed by atoms with Gasteiger partial charge >= 0.3 is 0 Å². The fourth-order valence-electron chi connectivity index (χ4n) is 12.5. The molecule has 0 spiro atoms. The number of hydrogen-bond acceptors (Lipinski definition) is 2. The third kappa shape index (κ3) is 5.75. The van der Waals surface area contributed by atoms with E-state index in [-0.39, 0.29) is 0 Å². The number of allylic oxidation sites excluding steroid dienone is 4. The second kappa shape index (κ2) is 15.7. The normalized spacial score (nSPS) is 13.1. The highest BCUT2D eigenvalue weighted by molar-refractivity contribution is 6.39. The summed E-state index contributed by atoms with van der Waals surface area (Å²) in [6, 6.07) is 79.1. The van der Waals surface area contributed by atoms with E-state index in [2.05, 4.69) is 263 Å². The summed E-state index contributed by atoms with van der Waals surface area (Å²) in [5.74, 6) is 0. The van der Waals surface area contributed by atoms with Gasteiger partial charge < -0.3 is 18.6 Å². The van der Waals surface area contributed by atoms with Crippen molar-refractivity contribution in [3.63, 3.8) is 0 Å². The highest BCUT2D eigenvalue weighted by Crippen LogP contribution is 2.56. The van der Waals surface area contributed by atoms with Gasteiger partial charge in [-0.15, -0.1) is 0 Å². The summed E-state index contributed by atoms with van der Waals surface area (Å²) < 4.78 is 5.27. The molecule has 1 aliphatic rings. The Labute approximate surface area is 417 Å². The molecule has 4 heterocycles. The zero-order valence-electron chi connectivity index (χ0n) is 40.1. The molecule has 0 fully saturated rings. The van der Waals surface area contributed by atoms with Crippen molar-refractivity contribution in [3.8, 4) is 22.3 Å². The van der Waals surface area contributed by atoms with Crippen LogP contribution in [0.5, 0.6) is 0 Å². The van der Waals surface area contributed by atoms with Crippen LogP contribution >= 0.6 is 0 Å². The van der Waals surface area contributed by atoms with E-state index in [1.165, 1.54) is 127 Å². The number of anilines is 5. The first-order chi connectivity index (χ1) is 35.6. The number of benzene rings is 10. The van der Waals surface area contributed by atoms with E-state index >= 15 is 0 Å². The minimum atomic E-state index is 0.969. The molecular weight excluding hydrogens is 873 g/mol. The molecule has 0 N–H and O–H groups in total. The van der Waals surface area contributed by atoms with Crippen LogP contribution in [0.2, 0.25) is 0 Å². The minimum absolute atomic E-state index is 0.969. The lowest BCUT2D eigenvalue weighted by Crippen LogP contribution is -2.17. The van der Waals surface area contributed by atoms with E-state index in [0.29, 0.717) is 0 Å². The maximum absolute atomic E-state index is 2.64. The number of aromatic nitrogens is 2. The molecule has 14 aromatic rings. The number of fused-ring (bicyclic) bond motifs is 12. The Morgan fingerprint density at radius 3 is 1.25 bits per heavy atom. The van der Waals surface area contributed by atoms with Gasteiger partial charge in [-0.3, -0.25) is 0 Å². The molecule has 0 saturated heterocycles. The van der Waals surface area contributed by atoms with Gasteiger partial charge in [0.25, 0.3) is 0 Å². The van der Waals surface area contributed by atoms with Crippen molar-refractivity contribution in [3.05, 3.63) is 247 Å². The Morgan fingerprint density at radius 2 is 0.778 bits per heavy atom. The summed E-state index contributed by atoms with van der Waals surface area (Å²) in [6.45, 7) is 4.33. The Morgan fingerprint density at radius 1 is 0.361 bits per heavy atom. The van der Waals surface area contributed by atoms with Crippen LogP contribution in [-0.2, 0) is 0 Å². The molecule has 340 valence electrons. The molecule has 0 bridgehead atoms. The fraction of sp³-hybridized carbons (Fsp3) is 0.0588. The number of hydrogen-bond donors (Lipinski definition) is 0. The van der Waals surface area contributed by atoms with Crippen LogP contribution in [0.25, 0.3) is 98.4 Å². The van der Waals surface area contributed by atoms with Gasteiger partial charge in [-0.1, -0.05) is 175 Å². The zero-order chi connectivity index (χ0) is 47.6. The second-order valence-corrected chi connectivity index (χ2v) is 19.6. The summed E-state index contributed by atoms with van der Waals surface area (Å²) in [7, 11) is 0. The number of aryl methyl sites for hydroxylation is 2. The largest absolute Gasteiger partial charge is 0.314 e. The van der Waals surface area contributed by atoms with Gasteiger partial charge in [0.2, 0.25) is 0 Å². The van der Waals surface area contributed by atoms with Crippen LogP contribution < -0.4 is 9.80 Å². The van der Waals surface area contributed by atoms with Crippen LogP contribution in [0.15, 0.2) is 236 Å². The molecule has 10 aromatic carbocycles. The van der Waals surface area contributed by atoms with Crippen molar-refractivity contribution in [2.45, 2.75) is 26.7 Å². The molecule has 4 heteroatoms. The van der Waals surface area contributed by atoms with Gasteiger partial charge in [0.05, 0.1) is 44.5 Å². The summed E-state index contributed by atoms with van der Waals surface area (Å²) in [6.07, 6.45) is 8.80. The molecule has 1 aliphatic carbocycles. The molecule has 15 rings (SSSR count). The molecule has 4 aromatic heterocycles. The molecule has 0 radical (unpaired) electrons. The van der Waals surface area contributed by atoms with E-state index in [1.54, 1.807) is 0 Å². The number of para-hydroxylation sites is 3. The number of nitrogens with zero attached hydrogens (tertiary/aromatic N) is 4. The van der Waals surface area contributed by atoms with Crippen molar-refractivity contribution in [1.29, 1.82) is 0 Å².